The van der Waals surface area contributed by atoms with E-state index in [1.54, 1.807) is 4.90 Å². The van der Waals surface area contributed by atoms with Crippen molar-refractivity contribution in [2.24, 2.45) is 0 Å². The van der Waals surface area contributed by atoms with Crippen molar-refractivity contribution in [3.05, 3.63) is 30.3 Å². The monoisotopic (exact) mass is 562 g/mol. The number of morpholine rings is 1. The molecule has 11 nitrogen and oxygen atoms in total. The first-order valence-electron chi connectivity index (χ1n) is 13.1. The van der Waals surface area contributed by atoms with E-state index in [0.717, 1.165) is 18.9 Å². The summed E-state index contributed by atoms with van der Waals surface area (Å²) in [6.07, 6.45) is 4.68. The summed E-state index contributed by atoms with van der Waals surface area (Å²) in [5, 5.41) is 2.44. The first-order chi connectivity index (χ1) is 18.7. The molecule has 4 aliphatic rings. The van der Waals surface area contributed by atoms with Gasteiger partial charge < -0.3 is 24.3 Å². The van der Waals surface area contributed by atoms with Gasteiger partial charge in [0.25, 0.3) is 5.88 Å². The van der Waals surface area contributed by atoms with Crippen LogP contribution in [0.5, 0.6) is 11.6 Å². The fraction of sp³-hybridized carbons (Fsp3) is 0.577. The van der Waals surface area contributed by atoms with Crippen LogP contribution in [0.4, 0.5) is 20.7 Å². The van der Waals surface area contributed by atoms with Crippen LogP contribution in [0.1, 0.15) is 45.4 Å². The number of hydrogen-bond acceptors (Lipinski definition) is 10. The van der Waals surface area contributed by atoms with Gasteiger partial charge in [0, 0.05) is 12.8 Å². The van der Waals surface area contributed by atoms with Crippen molar-refractivity contribution < 1.29 is 36.6 Å². The Morgan fingerprint density at radius 3 is 2.51 bits per heavy atom. The highest BCUT2D eigenvalue weighted by Crippen LogP contribution is 2.41. The predicted molar refractivity (Wildman–Crippen MR) is 136 cm³/mol. The molecule has 0 spiro atoms. The molecule has 39 heavy (non-hydrogen) atoms. The summed E-state index contributed by atoms with van der Waals surface area (Å²) in [5.41, 5.74) is -0.321. The number of sulfone groups is 1. The van der Waals surface area contributed by atoms with Crippen molar-refractivity contribution in [1.82, 2.24) is 14.9 Å². The van der Waals surface area contributed by atoms with Gasteiger partial charge in [0.05, 0.1) is 48.2 Å². The fourth-order valence-electron chi connectivity index (χ4n) is 5.15. The molecule has 1 N–H and O–H groups in total. The third kappa shape index (κ3) is 5.21. The number of nitrogens with one attached hydrogen (secondary N) is 1. The molecular formula is C26H31FN4O7S. The second kappa shape index (κ2) is 9.77. The van der Waals surface area contributed by atoms with E-state index in [4.69, 9.17) is 18.9 Å². The third-order valence-electron chi connectivity index (χ3n) is 7.71. The van der Waals surface area contributed by atoms with Crippen LogP contribution in [-0.2, 0) is 19.3 Å². The smallest absolute Gasteiger partial charge is 0.410 e. The number of hydrogen-bond donors (Lipinski definition) is 1. The highest BCUT2D eigenvalue weighted by atomic mass is 32.2. The van der Waals surface area contributed by atoms with Crippen molar-refractivity contribution in [1.29, 1.82) is 0 Å². The summed E-state index contributed by atoms with van der Waals surface area (Å²) in [5.74, 6) is -0.209. The summed E-state index contributed by atoms with van der Waals surface area (Å²) < 4.78 is 63.0. The van der Waals surface area contributed by atoms with Crippen LogP contribution in [-0.4, -0.2) is 78.7 Å². The van der Waals surface area contributed by atoms with Gasteiger partial charge in [-0.3, -0.25) is 4.90 Å². The van der Waals surface area contributed by atoms with Crippen LogP contribution >= 0.6 is 0 Å². The number of aromatic nitrogens is 2. The van der Waals surface area contributed by atoms with Gasteiger partial charge in [0.1, 0.15) is 23.8 Å². The molecule has 210 valence electrons. The van der Waals surface area contributed by atoms with Gasteiger partial charge in [-0.1, -0.05) is 0 Å². The van der Waals surface area contributed by atoms with E-state index in [1.165, 1.54) is 25.6 Å². The lowest BCUT2D eigenvalue weighted by molar-refractivity contribution is -0.0957. The van der Waals surface area contributed by atoms with Crippen molar-refractivity contribution in [2.45, 2.75) is 79.4 Å². The summed E-state index contributed by atoms with van der Waals surface area (Å²) >= 11 is 0. The Balaban J connectivity index is 1.17. The molecule has 4 fully saturated rings. The number of carbonyl (C=O) groups excluding carboxylic acids is 1. The highest BCUT2D eigenvalue weighted by Gasteiger charge is 2.48. The minimum absolute atomic E-state index is 0.0376. The van der Waals surface area contributed by atoms with Gasteiger partial charge in [-0.05, 0) is 50.8 Å². The van der Waals surface area contributed by atoms with Crippen LogP contribution < -0.4 is 14.8 Å². The molecule has 2 unspecified atom stereocenters. The fourth-order valence-corrected chi connectivity index (χ4v) is 6.81. The second-order valence-corrected chi connectivity index (χ2v) is 13.1. The average Bonchev–Trinajstić information content (AvgIpc) is 3.82. The van der Waals surface area contributed by atoms with Gasteiger partial charge in [0.2, 0.25) is 5.75 Å². The molecule has 2 aliphatic heterocycles. The molecule has 2 atom stereocenters. The van der Waals surface area contributed by atoms with Crippen LogP contribution in [0.25, 0.3) is 0 Å². The summed E-state index contributed by atoms with van der Waals surface area (Å²) in [6, 6.07) is 3.38. The Morgan fingerprint density at radius 2 is 1.90 bits per heavy atom. The molecule has 6 rings (SSSR count). The molecule has 0 radical (unpaired) electrons. The SMILES string of the molecule is COc1c(Nc2ccc(S(=O)(=O)C3CC3)cc2F)ncnc1OC1CC2COCC(C1)N2C(=O)OC1(C)CC1. The molecule has 2 aromatic rings. The number of nitrogens with zero attached hydrogens (tertiary/aromatic N) is 3. The standard InChI is InChI=1S/C26H31FN4O7S/c1-26(7-8-26)38-25(32)31-15-9-17(10-16(31)13-36-12-15)37-24-22(35-2)23(28-14-29-24)30-21-6-5-19(11-20(21)27)39(33,34)18-3-4-18/h5-6,11,14-18H,3-4,7-10,12-13H2,1-2H3,(H,28,29,30). The molecular weight excluding hydrogens is 531 g/mol. The molecule has 3 heterocycles. The number of piperidine rings is 1. The number of rotatable bonds is 8. The van der Waals surface area contributed by atoms with E-state index in [9.17, 15) is 17.6 Å². The maximum atomic E-state index is 14.9. The molecule has 2 bridgehead atoms. The van der Waals surface area contributed by atoms with E-state index in [0.29, 0.717) is 38.9 Å². The quantitative estimate of drug-likeness (QED) is 0.509. The van der Waals surface area contributed by atoms with E-state index < -0.39 is 20.9 Å². The average molecular weight is 563 g/mol. The minimum Gasteiger partial charge on any atom is -0.489 e. The molecule has 2 saturated heterocycles. The number of amides is 1. The zero-order valence-electron chi connectivity index (χ0n) is 21.8. The van der Waals surface area contributed by atoms with Crippen LogP contribution in [0.3, 0.4) is 0 Å². The number of anilines is 2. The van der Waals surface area contributed by atoms with Crippen LogP contribution in [0.2, 0.25) is 0 Å². The van der Waals surface area contributed by atoms with E-state index in [1.807, 2.05) is 6.92 Å². The zero-order chi connectivity index (χ0) is 27.4. The molecule has 2 aliphatic carbocycles. The van der Waals surface area contributed by atoms with Crippen molar-refractivity contribution in [3.8, 4) is 11.6 Å². The third-order valence-corrected chi connectivity index (χ3v) is 9.97. The Labute approximate surface area is 225 Å². The summed E-state index contributed by atoms with van der Waals surface area (Å²) in [6.45, 7) is 2.72. The molecule has 13 heteroatoms. The van der Waals surface area contributed by atoms with Gasteiger partial charge in [-0.2, -0.15) is 4.98 Å². The van der Waals surface area contributed by atoms with Gasteiger partial charge in [-0.25, -0.2) is 22.6 Å². The largest absolute Gasteiger partial charge is 0.489 e. The number of methoxy groups -OCH3 is 1. The maximum Gasteiger partial charge on any atom is 0.410 e. The van der Waals surface area contributed by atoms with Gasteiger partial charge >= 0.3 is 6.09 Å². The highest BCUT2D eigenvalue weighted by molar-refractivity contribution is 7.92. The van der Waals surface area contributed by atoms with Gasteiger partial charge in [-0.15, -0.1) is 0 Å². The number of halogens is 1. The Hall–Kier alpha value is -3.19. The van der Waals surface area contributed by atoms with E-state index >= 15 is 0 Å². The van der Waals surface area contributed by atoms with E-state index in [2.05, 4.69) is 15.3 Å². The molecule has 1 aromatic heterocycles. The molecule has 1 aromatic carbocycles. The lowest BCUT2D eigenvalue weighted by Gasteiger charge is -2.47. The maximum absolute atomic E-state index is 14.9. The Kier molecular flexibility index (Phi) is 6.53. The first-order valence-corrected chi connectivity index (χ1v) is 14.7. The number of ether oxygens (including phenoxy) is 4. The van der Waals surface area contributed by atoms with Crippen molar-refractivity contribution in [3.63, 3.8) is 0 Å². The van der Waals surface area contributed by atoms with Crippen molar-refractivity contribution in [2.75, 3.05) is 25.6 Å². The van der Waals surface area contributed by atoms with Crippen LogP contribution in [0.15, 0.2) is 29.4 Å². The minimum atomic E-state index is -3.52. The number of fused-ring (bicyclic) bond motifs is 2. The normalized spacial score (nSPS) is 25.5. The number of benzene rings is 1. The summed E-state index contributed by atoms with van der Waals surface area (Å²) in [4.78, 5) is 23.0. The lowest BCUT2D eigenvalue weighted by atomic mass is 9.92. The molecule has 2 saturated carbocycles. The molecule has 1 amide bonds. The Bertz CT molecular complexity index is 1370. The second-order valence-electron chi connectivity index (χ2n) is 10.9. The van der Waals surface area contributed by atoms with Crippen LogP contribution in [0, 0.1) is 5.82 Å². The summed E-state index contributed by atoms with van der Waals surface area (Å²) in [7, 11) is -2.09. The topological polar surface area (TPSA) is 129 Å². The lowest BCUT2D eigenvalue weighted by Crippen LogP contribution is -2.61. The van der Waals surface area contributed by atoms with E-state index in [-0.39, 0.29) is 57.9 Å². The van der Waals surface area contributed by atoms with Crippen molar-refractivity contribution >= 4 is 27.4 Å². The number of carbonyl (C=O) groups is 1. The predicted octanol–water partition coefficient (Wildman–Crippen LogP) is 3.60. The van der Waals surface area contributed by atoms with Gasteiger partial charge in [0.15, 0.2) is 15.7 Å². The first kappa shape index (κ1) is 26.1. The Morgan fingerprint density at radius 1 is 1.18 bits per heavy atom. The zero-order valence-corrected chi connectivity index (χ0v) is 22.6.